The Morgan fingerprint density at radius 1 is 1.50 bits per heavy atom. The molecule has 1 aromatic rings. The molecule has 0 aliphatic heterocycles. The van der Waals surface area contributed by atoms with Crippen LogP contribution in [0.15, 0.2) is 11.1 Å². The first kappa shape index (κ1) is 12.4. The molecule has 0 saturated carbocycles. The maximum absolute atomic E-state index is 13.1. The van der Waals surface area contributed by atoms with Crippen LogP contribution in [-0.2, 0) is 10.0 Å². The molecule has 1 heterocycles. The molecule has 0 bridgehead atoms. The Labute approximate surface area is 88.4 Å². The second-order valence-electron chi connectivity index (χ2n) is 2.67. The maximum atomic E-state index is 13.1. The molecule has 0 aromatic carbocycles. The van der Waals surface area contributed by atoms with Gasteiger partial charge in [0, 0.05) is 0 Å². The van der Waals surface area contributed by atoms with Crippen molar-refractivity contribution in [2.24, 2.45) is 5.14 Å². The maximum Gasteiger partial charge on any atom is 0.281 e. The first-order valence-electron chi connectivity index (χ1n) is 3.69. The van der Waals surface area contributed by atoms with E-state index in [-0.39, 0.29) is 0 Å². The van der Waals surface area contributed by atoms with Crippen LogP contribution in [0.2, 0.25) is 0 Å². The standard InChI is InChI=1S/C7H4F3N3O2S/c8-4-1-3(2-11)5(6(9)10)13-7(4)16(12,14)15/h1,6H,(H2,12,14,15). The van der Waals surface area contributed by atoms with Gasteiger partial charge in [-0.2, -0.15) is 5.26 Å². The Kier molecular flexibility index (Phi) is 3.16. The highest BCUT2D eigenvalue weighted by atomic mass is 32.2. The van der Waals surface area contributed by atoms with Crippen LogP contribution in [0.4, 0.5) is 13.2 Å². The fourth-order valence-corrected chi connectivity index (χ4v) is 1.50. The highest BCUT2D eigenvalue weighted by molar-refractivity contribution is 7.89. The summed E-state index contributed by atoms with van der Waals surface area (Å²) in [5.74, 6) is -1.44. The SMILES string of the molecule is N#Cc1cc(F)c(S(N)(=O)=O)nc1C(F)F. The van der Waals surface area contributed by atoms with E-state index in [4.69, 9.17) is 5.26 Å². The first-order valence-corrected chi connectivity index (χ1v) is 5.23. The van der Waals surface area contributed by atoms with Crippen molar-refractivity contribution in [3.8, 4) is 6.07 Å². The van der Waals surface area contributed by atoms with Crippen molar-refractivity contribution in [3.63, 3.8) is 0 Å². The van der Waals surface area contributed by atoms with Gasteiger partial charge >= 0.3 is 0 Å². The summed E-state index contributed by atoms with van der Waals surface area (Å²) in [6.07, 6.45) is -3.20. The smallest absolute Gasteiger partial charge is 0.230 e. The zero-order valence-corrected chi connectivity index (χ0v) is 8.30. The summed E-state index contributed by atoms with van der Waals surface area (Å²) in [6.45, 7) is 0. The number of nitrogens with zero attached hydrogens (tertiary/aromatic N) is 2. The van der Waals surface area contributed by atoms with E-state index in [1.54, 1.807) is 0 Å². The van der Waals surface area contributed by atoms with Gasteiger partial charge < -0.3 is 0 Å². The molecular formula is C7H4F3N3O2S. The topological polar surface area (TPSA) is 96.8 Å². The molecule has 5 nitrogen and oxygen atoms in total. The Bertz CT molecular complexity index is 565. The molecule has 0 amide bonds. The highest BCUT2D eigenvalue weighted by Gasteiger charge is 2.24. The third kappa shape index (κ3) is 2.29. The number of halogens is 3. The second kappa shape index (κ2) is 4.07. The fraction of sp³-hybridized carbons (Fsp3) is 0.143. The van der Waals surface area contributed by atoms with Crippen LogP contribution in [0.25, 0.3) is 0 Å². The molecule has 0 spiro atoms. The predicted octanol–water partition coefficient (Wildman–Crippen LogP) is 0.677. The minimum Gasteiger partial charge on any atom is -0.230 e. The Hall–Kier alpha value is -1.66. The third-order valence-electron chi connectivity index (χ3n) is 1.57. The number of aromatic nitrogens is 1. The zero-order valence-electron chi connectivity index (χ0n) is 7.49. The normalized spacial score (nSPS) is 11.5. The van der Waals surface area contributed by atoms with Crippen molar-refractivity contribution >= 4 is 10.0 Å². The van der Waals surface area contributed by atoms with Gasteiger partial charge in [0.05, 0.1) is 5.56 Å². The first-order chi connectivity index (χ1) is 7.27. The van der Waals surface area contributed by atoms with Crippen molar-refractivity contribution in [2.75, 3.05) is 0 Å². The summed E-state index contributed by atoms with van der Waals surface area (Å²) in [5, 5.41) is 11.7. The number of nitrogens with two attached hydrogens (primary N) is 1. The predicted molar refractivity (Wildman–Crippen MR) is 45.2 cm³/mol. The molecule has 1 rings (SSSR count). The van der Waals surface area contributed by atoms with Crippen molar-refractivity contribution in [1.82, 2.24) is 4.98 Å². The van der Waals surface area contributed by atoms with Gasteiger partial charge in [-0.25, -0.2) is 31.7 Å². The largest absolute Gasteiger partial charge is 0.281 e. The minimum atomic E-state index is -4.54. The Morgan fingerprint density at radius 2 is 2.06 bits per heavy atom. The Balaban J connectivity index is 3.60. The van der Waals surface area contributed by atoms with E-state index in [1.807, 2.05) is 0 Å². The molecule has 0 fully saturated rings. The molecule has 86 valence electrons. The van der Waals surface area contributed by atoms with Crippen LogP contribution in [0.3, 0.4) is 0 Å². The summed E-state index contributed by atoms with van der Waals surface area (Å²) >= 11 is 0. The summed E-state index contributed by atoms with van der Waals surface area (Å²) in [7, 11) is -4.54. The molecular weight excluding hydrogens is 247 g/mol. The van der Waals surface area contributed by atoms with Gasteiger partial charge in [-0.05, 0) is 6.07 Å². The summed E-state index contributed by atoms with van der Waals surface area (Å²) in [5.41, 5.74) is -1.85. The van der Waals surface area contributed by atoms with Crippen LogP contribution in [-0.4, -0.2) is 13.4 Å². The number of rotatable bonds is 2. The highest BCUT2D eigenvalue weighted by Crippen LogP contribution is 2.23. The lowest BCUT2D eigenvalue weighted by molar-refractivity contribution is 0.144. The number of nitriles is 1. The van der Waals surface area contributed by atoms with E-state index in [0.717, 1.165) is 0 Å². The van der Waals surface area contributed by atoms with E-state index >= 15 is 0 Å². The molecule has 0 atom stereocenters. The quantitative estimate of drug-likeness (QED) is 0.835. The molecule has 16 heavy (non-hydrogen) atoms. The van der Waals surface area contributed by atoms with E-state index in [0.29, 0.717) is 6.07 Å². The lowest BCUT2D eigenvalue weighted by atomic mass is 10.2. The van der Waals surface area contributed by atoms with Gasteiger partial charge in [0.25, 0.3) is 16.4 Å². The average Bonchev–Trinajstić information content (AvgIpc) is 2.14. The number of sulfonamides is 1. The van der Waals surface area contributed by atoms with Gasteiger partial charge in [-0.1, -0.05) is 0 Å². The van der Waals surface area contributed by atoms with Crippen LogP contribution >= 0.6 is 0 Å². The minimum absolute atomic E-state index is 0.355. The zero-order chi connectivity index (χ0) is 12.5. The van der Waals surface area contributed by atoms with Crippen molar-refractivity contribution in [1.29, 1.82) is 5.26 Å². The van der Waals surface area contributed by atoms with Gasteiger partial charge in [0.15, 0.2) is 5.82 Å². The molecule has 0 unspecified atom stereocenters. The lowest BCUT2D eigenvalue weighted by Gasteiger charge is -2.05. The second-order valence-corrected chi connectivity index (χ2v) is 4.14. The molecule has 0 aliphatic rings. The summed E-state index contributed by atoms with van der Waals surface area (Å²) in [6, 6.07) is 1.63. The Morgan fingerprint density at radius 3 is 2.44 bits per heavy atom. The van der Waals surface area contributed by atoms with Gasteiger partial charge in [0.1, 0.15) is 11.8 Å². The molecule has 2 N–H and O–H groups in total. The molecule has 0 aliphatic carbocycles. The molecule has 1 aromatic heterocycles. The summed E-state index contributed by atoms with van der Waals surface area (Å²) in [4.78, 5) is 2.85. The van der Waals surface area contributed by atoms with Crippen LogP contribution in [0.1, 0.15) is 17.7 Å². The monoisotopic (exact) mass is 251 g/mol. The van der Waals surface area contributed by atoms with Gasteiger partial charge in [0.2, 0.25) is 5.03 Å². The number of primary sulfonamides is 1. The molecule has 9 heteroatoms. The van der Waals surface area contributed by atoms with Crippen LogP contribution in [0, 0.1) is 17.1 Å². The lowest BCUT2D eigenvalue weighted by Crippen LogP contribution is -2.17. The van der Waals surface area contributed by atoms with Crippen LogP contribution < -0.4 is 5.14 Å². The molecule has 0 radical (unpaired) electrons. The number of pyridine rings is 1. The van der Waals surface area contributed by atoms with Gasteiger partial charge in [-0.3, -0.25) is 0 Å². The van der Waals surface area contributed by atoms with Crippen molar-refractivity contribution in [3.05, 3.63) is 23.1 Å². The van der Waals surface area contributed by atoms with Crippen LogP contribution in [0.5, 0.6) is 0 Å². The van der Waals surface area contributed by atoms with Crippen molar-refractivity contribution in [2.45, 2.75) is 11.5 Å². The fourth-order valence-electron chi connectivity index (χ4n) is 0.941. The van der Waals surface area contributed by atoms with E-state index in [9.17, 15) is 21.6 Å². The summed E-state index contributed by atoms with van der Waals surface area (Å²) < 4.78 is 59.3. The van der Waals surface area contributed by atoms with E-state index in [2.05, 4.69) is 10.1 Å². The third-order valence-corrected chi connectivity index (χ3v) is 2.40. The number of alkyl halides is 2. The molecule has 0 saturated heterocycles. The van der Waals surface area contributed by atoms with Crippen molar-refractivity contribution < 1.29 is 21.6 Å². The average molecular weight is 251 g/mol. The van der Waals surface area contributed by atoms with E-state index in [1.165, 1.54) is 6.07 Å². The number of hydrogen-bond donors (Lipinski definition) is 1. The van der Waals surface area contributed by atoms with Gasteiger partial charge in [-0.15, -0.1) is 0 Å². The number of hydrogen-bond acceptors (Lipinski definition) is 4. The van der Waals surface area contributed by atoms with E-state index < -0.39 is 38.5 Å².